The second kappa shape index (κ2) is 11.5. The third-order valence-electron chi connectivity index (χ3n) is 7.56. The highest BCUT2D eigenvalue weighted by Crippen LogP contribution is 2.31. The first-order chi connectivity index (χ1) is 20.8. The van der Waals surface area contributed by atoms with E-state index in [9.17, 15) is 18.8 Å². The van der Waals surface area contributed by atoms with Gasteiger partial charge in [0.2, 0.25) is 0 Å². The van der Waals surface area contributed by atoms with Crippen molar-refractivity contribution in [3.63, 3.8) is 0 Å². The summed E-state index contributed by atoms with van der Waals surface area (Å²) in [7, 11) is 1.59. The van der Waals surface area contributed by atoms with Crippen molar-refractivity contribution in [1.29, 1.82) is 0 Å². The van der Waals surface area contributed by atoms with E-state index in [1.54, 1.807) is 50.6 Å². The molecule has 5 aromatic rings. The van der Waals surface area contributed by atoms with Gasteiger partial charge in [-0.3, -0.25) is 19.4 Å². The zero-order valence-corrected chi connectivity index (χ0v) is 23.5. The molecule has 0 saturated carbocycles. The van der Waals surface area contributed by atoms with Crippen molar-refractivity contribution in [2.75, 3.05) is 12.4 Å². The minimum absolute atomic E-state index is 0.128. The van der Waals surface area contributed by atoms with Gasteiger partial charge in [0.05, 0.1) is 24.9 Å². The number of ketones is 1. The van der Waals surface area contributed by atoms with Gasteiger partial charge >= 0.3 is 0 Å². The highest BCUT2D eigenvalue weighted by molar-refractivity contribution is 6.06. The van der Waals surface area contributed by atoms with Gasteiger partial charge in [-0.1, -0.05) is 12.1 Å². The van der Waals surface area contributed by atoms with E-state index < -0.39 is 23.3 Å². The fraction of sp³-hybridized carbons (Fsp3) is 0.182. The number of rotatable bonds is 7. The maximum absolute atomic E-state index is 13.7. The van der Waals surface area contributed by atoms with Crippen molar-refractivity contribution >= 4 is 28.4 Å². The lowest BCUT2D eigenvalue weighted by Gasteiger charge is -2.26. The Bertz CT molecular complexity index is 1920. The number of hydrogen-bond acceptors (Lipinski definition) is 7. The average molecular weight is 579 g/mol. The standard InChI is InChI=1S/C33H27FN4O5/c1-19(20-6-8-21(34)9-7-20)38-28-4-3-5-29(39)25(28)17-26(33(38)41)32(40)37-31-13-11-23(18-36-31)43-30-14-15-35-27-16-22(42-2)10-12-24(27)30/h6-19H,3-5H2,1-2H3,(H,36,37,40)/t19-/m1/s1. The number of hydrogen-bond donors (Lipinski definition) is 1. The third-order valence-corrected chi connectivity index (χ3v) is 7.56. The van der Waals surface area contributed by atoms with E-state index in [0.29, 0.717) is 58.8 Å². The molecule has 0 bridgehead atoms. The number of halogens is 1. The number of fused-ring (bicyclic) bond motifs is 2. The molecule has 0 unspecified atom stereocenters. The van der Waals surface area contributed by atoms with E-state index in [4.69, 9.17) is 9.47 Å². The van der Waals surface area contributed by atoms with Crippen LogP contribution in [0.3, 0.4) is 0 Å². The number of amides is 1. The number of nitrogens with one attached hydrogen (secondary N) is 1. The molecule has 216 valence electrons. The lowest BCUT2D eigenvalue weighted by molar-refractivity contribution is 0.0970. The molecule has 0 radical (unpaired) electrons. The SMILES string of the molecule is COc1ccc2c(Oc3ccc(NC(=O)c4cc5c(n([C@H](C)c6ccc(F)cc6)c4=O)CCCC5=O)nc3)ccnc2c1. The number of anilines is 1. The molecule has 0 spiro atoms. The van der Waals surface area contributed by atoms with Crippen LogP contribution in [0.15, 0.2) is 83.9 Å². The third kappa shape index (κ3) is 5.46. The van der Waals surface area contributed by atoms with Crippen LogP contribution < -0.4 is 20.3 Å². The van der Waals surface area contributed by atoms with Crippen LogP contribution in [0.25, 0.3) is 10.9 Å². The lowest BCUT2D eigenvalue weighted by atomic mass is 9.92. The van der Waals surface area contributed by atoms with E-state index in [1.165, 1.54) is 29.0 Å². The number of benzene rings is 2. The van der Waals surface area contributed by atoms with Crippen LogP contribution in [-0.2, 0) is 6.42 Å². The van der Waals surface area contributed by atoms with Crippen molar-refractivity contribution in [2.45, 2.75) is 32.2 Å². The summed E-state index contributed by atoms with van der Waals surface area (Å²) in [6.07, 6.45) is 4.55. The Morgan fingerprint density at radius 2 is 1.77 bits per heavy atom. The lowest BCUT2D eigenvalue weighted by Crippen LogP contribution is -2.36. The Morgan fingerprint density at radius 3 is 2.51 bits per heavy atom. The number of carbonyl (C=O) groups is 2. The van der Waals surface area contributed by atoms with Crippen LogP contribution in [0.5, 0.6) is 17.2 Å². The number of nitrogens with zero attached hydrogens (tertiary/aromatic N) is 3. The topological polar surface area (TPSA) is 112 Å². The van der Waals surface area contributed by atoms with Crippen LogP contribution in [0, 0.1) is 5.82 Å². The summed E-state index contributed by atoms with van der Waals surface area (Å²) in [5.74, 6) is 0.657. The van der Waals surface area contributed by atoms with E-state index >= 15 is 0 Å². The number of methoxy groups -OCH3 is 1. The van der Waals surface area contributed by atoms with Crippen molar-refractivity contribution in [3.05, 3.63) is 118 Å². The van der Waals surface area contributed by atoms with Gasteiger partial charge in [-0.25, -0.2) is 9.37 Å². The van der Waals surface area contributed by atoms with Crippen LogP contribution >= 0.6 is 0 Å². The fourth-order valence-corrected chi connectivity index (χ4v) is 5.32. The fourth-order valence-electron chi connectivity index (χ4n) is 5.32. The number of aromatic nitrogens is 3. The van der Waals surface area contributed by atoms with Gasteiger partial charge in [0, 0.05) is 35.3 Å². The van der Waals surface area contributed by atoms with Gasteiger partial charge in [0.1, 0.15) is 34.4 Å². The summed E-state index contributed by atoms with van der Waals surface area (Å²) in [4.78, 5) is 48.6. The molecule has 1 aliphatic rings. The maximum Gasteiger partial charge on any atom is 0.264 e. The Labute approximate surface area is 245 Å². The summed E-state index contributed by atoms with van der Waals surface area (Å²) in [5.41, 5.74) is 1.60. The highest BCUT2D eigenvalue weighted by Gasteiger charge is 2.28. The smallest absolute Gasteiger partial charge is 0.264 e. The zero-order valence-electron chi connectivity index (χ0n) is 23.5. The molecule has 1 amide bonds. The summed E-state index contributed by atoms with van der Waals surface area (Å²) >= 11 is 0. The molecule has 0 aliphatic heterocycles. The minimum atomic E-state index is -0.693. The summed E-state index contributed by atoms with van der Waals surface area (Å²) < 4.78 is 26.3. The summed E-state index contributed by atoms with van der Waals surface area (Å²) in [6.45, 7) is 1.79. The van der Waals surface area contributed by atoms with Gasteiger partial charge < -0.3 is 19.4 Å². The normalized spacial score (nSPS) is 13.3. The Balaban J connectivity index is 1.27. The second-order valence-corrected chi connectivity index (χ2v) is 10.2. The Kier molecular flexibility index (Phi) is 7.41. The van der Waals surface area contributed by atoms with Crippen molar-refractivity contribution in [2.24, 2.45) is 0 Å². The predicted octanol–water partition coefficient (Wildman–Crippen LogP) is 6.11. The summed E-state index contributed by atoms with van der Waals surface area (Å²) in [5, 5.41) is 3.45. The van der Waals surface area contributed by atoms with Gasteiger partial charge in [0.25, 0.3) is 11.5 Å². The van der Waals surface area contributed by atoms with Crippen molar-refractivity contribution < 1.29 is 23.5 Å². The first-order valence-electron chi connectivity index (χ1n) is 13.8. The average Bonchev–Trinajstić information content (AvgIpc) is 3.02. The molecule has 9 nitrogen and oxygen atoms in total. The number of Topliss-reactive ketones (excluding diaryl/α,β-unsaturated/α-hetero) is 1. The van der Waals surface area contributed by atoms with Crippen LogP contribution in [-0.4, -0.2) is 33.3 Å². The predicted molar refractivity (Wildman–Crippen MR) is 159 cm³/mol. The van der Waals surface area contributed by atoms with Crippen LogP contribution in [0.1, 0.15) is 57.8 Å². The molecular formula is C33H27FN4O5. The highest BCUT2D eigenvalue weighted by atomic mass is 19.1. The van der Waals surface area contributed by atoms with E-state index in [1.807, 2.05) is 18.2 Å². The Hall–Kier alpha value is -5.38. The molecule has 1 atom stereocenters. The summed E-state index contributed by atoms with van der Waals surface area (Å²) in [6, 6.07) is 17.1. The van der Waals surface area contributed by atoms with E-state index in [0.717, 1.165) is 5.39 Å². The maximum atomic E-state index is 13.7. The molecule has 1 N–H and O–H groups in total. The van der Waals surface area contributed by atoms with E-state index in [2.05, 4.69) is 15.3 Å². The molecule has 43 heavy (non-hydrogen) atoms. The van der Waals surface area contributed by atoms with Crippen molar-refractivity contribution in [3.8, 4) is 17.2 Å². The molecule has 1 aliphatic carbocycles. The molecule has 3 aromatic heterocycles. The van der Waals surface area contributed by atoms with Crippen LogP contribution in [0.4, 0.5) is 10.2 Å². The van der Waals surface area contributed by atoms with Crippen LogP contribution in [0.2, 0.25) is 0 Å². The molecule has 3 heterocycles. The number of ether oxygens (including phenoxy) is 2. The van der Waals surface area contributed by atoms with Crippen molar-refractivity contribution in [1.82, 2.24) is 14.5 Å². The molecule has 0 fully saturated rings. The quantitative estimate of drug-likeness (QED) is 0.248. The van der Waals surface area contributed by atoms with E-state index in [-0.39, 0.29) is 17.2 Å². The zero-order chi connectivity index (χ0) is 30.1. The first kappa shape index (κ1) is 27.8. The van der Waals surface area contributed by atoms with Gasteiger partial charge in [-0.2, -0.15) is 0 Å². The first-order valence-corrected chi connectivity index (χ1v) is 13.8. The minimum Gasteiger partial charge on any atom is -0.497 e. The number of carbonyl (C=O) groups excluding carboxylic acids is 2. The van der Waals surface area contributed by atoms with Gasteiger partial charge in [-0.15, -0.1) is 0 Å². The second-order valence-electron chi connectivity index (χ2n) is 10.2. The van der Waals surface area contributed by atoms with Gasteiger partial charge in [-0.05, 0) is 73.9 Å². The molecule has 6 rings (SSSR count). The molecule has 0 saturated heterocycles. The molecule has 2 aromatic carbocycles. The number of pyridine rings is 3. The monoisotopic (exact) mass is 578 g/mol. The Morgan fingerprint density at radius 1 is 0.977 bits per heavy atom. The largest absolute Gasteiger partial charge is 0.497 e. The van der Waals surface area contributed by atoms with Gasteiger partial charge in [0.15, 0.2) is 5.78 Å². The molecule has 10 heteroatoms. The molecular weight excluding hydrogens is 551 g/mol.